The van der Waals surface area contributed by atoms with Crippen LogP contribution >= 0.6 is 23.5 Å². The molecule has 0 spiro atoms. The van der Waals surface area contributed by atoms with Gasteiger partial charge in [0, 0.05) is 85.8 Å². The molecule has 0 amide bonds. The fourth-order valence-corrected chi connectivity index (χ4v) is 17.3. The zero-order valence-electron chi connectivity index (χ0n) is 56.8. The van der Waals surface area contributed by atoms with E-state index in [1.807, 2.05) is 58.3 Å². The van der Waals surface area contributed by atoms with Gasteiger partial charge in [-0.15, -0.1) is 0 Å². The summed E-state index contributed by atoms with van der Waals surface area (Å²) in [4.78, 5) is 65.6. The lowest BCUT2D eigenvalue weighted by Crippen LogP contribution is -2.36. The van der Waals surface area contributed by atoms with Crippen LogP contribution < -0.4 is 19.3 Å². The van der Waals surface area contributed by atoms with Crippen molar-refractivity contribution in [3.63, 3.8) is 0 Å². The van der Waals surface area contributed by atoms with Gasteiger partial charge in [-0.05, 0) is 152 Å². The zero-order valence-corrected chi connectivity index (χ0v) is 60.0. The van der Waals surface area contributed by atoms with Gasteiger partial charge >= 0.3 is 23.9 Å². The molecule has 518 valence electrons. The molecule has 0 unspecified atom stereocenters. The van der Waals surface area contributed by atoms with Crippen LogP contribution in [0.5, 0.6) is 11.5 Å². The van der Waals surface area contributed by atoms with Crippen molar-refractivity contribution in [2.24, 2.45) is 11.8 Å². The van der Waals surface area contributed by atoms with Crippen LogP contribution in [0.3, 0.4) is 0 Å². The molecule has 0 saturated carbocycles. The summed E-state index contributed by atoms with van der Waals surface area (Å²) in [6.45, 7) is 11.4. The van der Waals surface area contributed by atoms with Crippen LogP contribution in [0.1, 0.15) is 181 Å². The second kappa shape index (κ2) is 37.5. The van der Waals surface area contributed by atoms with Gasteiger partial charge in [-0.2, -0.15) is 0 Å². The number of benzene rings is 4. The van der Waals surface area contributed by atoms with Gasteiger partial charge in [0.25, 0.3) is 0 Å². The van der Waals surface area contributed by atoms with Crippen LogP contribution in [0.4, 0.5) is 22.7 Å². The van der Waals surface area contributed by atoms with E-state index in [1.54, 1.807) is 12.1 Å². The molecule has 18 nitrogen and oxygen atoms in total. The molecule has 0 radical (unpaired) electrons. The van der Waals surface area contributed by atoms with Gasteiger partial charge in [0.15, 0.2) is 11.5 Å². The monoisotopic (exact) mass is 1370 g/mol. The van der Waals surface area contributed by atoms with E-state index in [1.165, 1.54) is 141 Å². The molecule has 4 aliphatic rings. The molecule has 0 bridgehead atoms. The first-order valence-corrected chi connectivity index (χ1v) is 39.4. The van der Waals surface area contributed by atoms with Crippen molar-refractivity contribution in [1.29, 1.82) is 0 Å². The predicted octanol–water partition coefficient (Wildman–Crippen LogP) is 15.0. The lowest BCUT2D eigenvalue weighted by Gasteiger charge is -2.36. The third kappa shape index (κ3) is 21.4. The summed E-state index contributed by atoms with van der Waals surface area (Å²) >= 11 is 2.68. The predicted molar refractivity (Wildman–Crippen MR) is 374 cm³/mol. The molecule has 94 heavy (non-hydrogen) atoms. The molecule has 22 heteroatoms. The molecule has 0 atom stereocenters. The summed E-state index contributed by atoms with van der Waals surface area (Å²) in [7, 11) is -2.55. The first-order valence-electron chi connectivity index (χ1n) is 34.9. The Bertz CT molecular complexity index is 3130. The molecule has 8 rings (SSSR count). The van der Waals surface area contributed by atoms with Gasteiger partial charge in [-0.25, -0.2) is 35.0 Å². The van der Waals surface area contributed by atoms with Crippen LogP contribution in [-0.4, -0.2) is 153 Å². The van der Waals surface area contributed by atoms with E-state index in [2.05, 4.69) is 23.6 Å². The summed E-state index contributed by atoms with van der Waals surface area (Å²) in [5, 5.41) is 0. The number of carbonyl (C=O) groups is 4. The van der Waals surface area contributed by atoms with Crippen molar-refractivity contribution in [3.05, 3.63) is 72.8 Å². The number of nitrogens with zero attached hydrogens (tertiary/aromatic N) is 6. The maximum absolute atomic E-state index is 14.6. The molecule has 4 aromatic carbocycles. The largest absolute Gasteiger partial charge is 0.466 e. The minimum absolute atomic E-state index is 0.101. The summed E-state index contributed by atoms with van der Waals surface area (Å²) in [6.07, 6.45) is 26.9. The Kier molecular flexibility index (Phi) is 29.8. The molecule has 4 aromatic rings. The van der Waals surface area contributed by atoms with E-state index >= 15 is 0 Å². The lowest BCUT2D eigenvalue weighted by molar-refractivity contribution is -0.156. The van der Waals surface area contributed by atoms with E-state index in [0.717, 1.165) is 133 Å². The van der Waals surface area contributed by atoms with Gasteiger partial charge in [-0.3, -0.25) is 9.59 Å². The van der Waals surface area contributed by atoms with Crippen LogP contribution in [0.15, 0.2) is 102 Å². The number of piperidine rings is 2. The second-order valence-electron chi connectivity index (χ2n) is 26.1. The van der Waals surface area contributed by atoms with Crippen LogP contribution in [0.25, 0.3) is 0 Å². The third-order valence-electron chi connectivity index (χ3n) is 18.6. The number of hydrogen-bond acceptors (Lipinski definition) is 18. The summed E-state index contributed by atoms with van der Waals surface area (Å²) in [5.74, 6) is -2.45. The number of unbranched alkanes of at least 4 members (excludes halogenated alkanes) is 14. The van der Waals surface area contributed by atoms with Crippen LogP contribution in [0.2, 0.25) is 0 Å². The Morgan fingerprint density at radius 1 is 0.457 bits per heavy atom. The Balaban J connectivity index is 0.925. The molecule has 0 N–H and O–H groups in total. The summed E-state index contributed by atoms with van der Waals surface area (Å²) in [5.41, 5.74) is 2.49. The first-order chi connectivity index (χ1) is 45.4. The van der Waals surface area contributed by atoms with E-state index in [0.29, 0.717) is 85.0 Å². The highest BCUT2D eigenvalue weighted by Gasteiger charge is 2.36. The van der Waals surface area contributed by atoms with E-state index in [9.17, 15) is 36.0 Å². The van der Waals surface area contributed by atoms with Gasteiger partial charge in [0.1, 0.15) is 0 Å². The minimum atomic E-state index is -4.11. The number of likely N-dealkylation sites (tertiary alicyclic amines) is 2. The van der Waals surface area contributed by atoms with E-state index in [4.69, 9.17) is 18.9 Å². The van der Waals surface area contributed by atoms with Gasteiger partial charge in [0.05, 0.1) is 45.8 Å². The number of para-hydroxylation sites is 2. The number of rotatable bonds is 38. The molecular formula is C72H104N6O12S4. The number of fused-ring (bicyclic) bond motifs is 4. The number of ether oxygens (including phenoxy) is 4. The fraction of sp³-hybridized carbons (Fsp3) is 0.611. The van der Waals surface area contributed by atoms with E-state index < -0.39 is 32.0 Å². The Morgan fingerprint density at radius 2 is 0.809 bits per heavy atom. The highest BCUT2D eigenvalue weighted by molar-refractivity contribution is 8.00. The van der Waals surface area contributed by atoms with Gasteiger partial charge < -0.3 is 38.5 Å². The zero-order chi connectivity index (χ0) is 67.0. The maximum atomic E-state index is 14.6. The molecule has 0 aromatic heterocycles. The normalized spacial score (nSPS) is 15.6. The maximum Gasteiger partial charge on any atom is 0.423 e. The van der Waals surface area contributed by atoms with E-state index in [-0.39, 0.29) is 33.2 Å². The highest BCUT2D eigenvalue weighted by atomic mass is 32.2. The topological polar surface area (TPSA) is 193 Å². The van der Waals surface area contributed by atoms with Crippen molar-refractivity contribution < 1.29 is 55.0 Å². The van der Waals surface area contributed by atoms with Gasteiger partial charge in [0.2, 0.25) is 20.0 Å². The number of esters is 4. The number of carbonyl (C=O) groups excluding carboxylic acids is 4. The number of sulfonamides is 2. The third-order valence-corrected chi connectivity index (χ3v) is 24.4. The number of anilines is 4. The number of hydrogen-bond donors (Lipinski definition) is 0. The van der Waals surface area contributed by atoms with Crippen molar-refractivity contribution in [2.45, 2.75) is 210 Å². The molecule has 0 aliphatic carbocycles. The first kappa shape index (κ1) is 74.6. The smallest absolute Gasteiger partial charge is 0.423 e. The second-order valence-corrected chi connectivity index (χ2v) is 32.5. The van der Waals surface area contributed by atoms with Crippen molar-refractivity contribution in [3.8, 4) is 11.5 Å². The molecule has 2 fully saturated rings. The van der Waals surface area contributed by atoms with Crippen molar-refractivity contribution >= 4 is 90.2 Å². The molecule has 4 heterocycles. The average molecular weight is 1370 g/mol. The molecule has 4 aliphatic heterocycles. The summed E-state index contributed by atoms with van der Waals surface area (Å²) in [6, 6.07) is 21.2. The minimum Gasteiger partial charge on any atom is -0.466 e. The Labute approximate surface area is 570 Å². The van der Waals surface area contributed by atoms with Crippen molar-refractivity contribution in [2.75, 3.05) is 104 Å². The molecular weight excluding hydrogens is 1270 g/mol. The Morgan fingerprint density at radius 3 is 1.17 bits per heavy atom. The van der Waals surface area contributed by atoms with Crippen LogP contribution in [0, 0.1) is 11.8 Å². The SMILES string of the molecule is CCCCCCCCCCC(=O)OCCC1CCN(CCCN2c3ccccc3Sc3cc(S(=O)(=O)N(C)C)cc(OC(=O)C(=O)Oc4cc(S(=O)(=O)N(C)C)cc5c4N(CCCN4CCC(CCOC(=O)CCCCCCCCCC)CC4)c4ccccc4S5)c32)CC1. The van der Waals surface area contributed by atoms with Gasteiger partial charge in [-0.1, -0.05) is 152 Å². The highest BCUT2D eigenvalue weighted by Crippen LogP contribution is 2.55. The quantitative estimate of drug-likeness (QED) is 0.0178. The molecule has 2 saturated heterocycles. The lowest BCUT2D eigenvalue weighted by atomic mass is 9.94. The summed E-state index contributed by atoms with van der Waals surface area (Å²) < 4.78 is 81.6. The standard InChI is InChI=1S/C72H104N6O12S4/c1-7-9-11-13-15-17-19-21-33-67(79)87-49-39-55-35-45-75(46-36-55)41-27-43-77-59-29-23-25-31-63(59)91-65-53-57(93(83,84)73(3)4)51-61(69(65)77)89-71(81)72(82)90-62-52-58(94(85,86)74(5)6)54-66-70(62)78(60-30-24-26-32-64(60)92-66)44-28-42-76-47-37-56(38-48-76)40-50-88-68(80)34-22-20-18-16-14-12-10-8-2/h23-26,29-32,51-56H,7-22,27-28,33-50H2,1-6H3. The van der Waals surface area contributed by atoms with Crippen molar-refractivity contribution in [1.82, 2.24) is 18.4 Å². The average Bonchev–Trinajstić information content (AvgIpc) is 0.760. The fourth-order valence-electron chi connectivity index (χ4n) is 13.0. The van der Waals surface area contributed by atoms with Crippen LogP contribution in [-0.2, 0) is 48.7 Å². The Hall–Kier alpha value is -5.20.